The number of benzene rings is 2. The number of aliphatic carboxylic acids is 1. The number of carboxylic acid groups (broad SMARTS) is 1. The monoisotopic (exact) mass is 533 g/mol. The van der Waals surface area contributed by atoms with E-state index >= 15 is 0 Å². The van der Waals surface area contributed by atoms with Crippen molar-refractivity contribution in [2.24, 2.45) is 17.8 Å². The molecule has 1 atom stereocenters. The summed E-state index contributed by atoms with van der Waals surface area (Å²) in [5, 5.41) is 11.7. The van der Waals surface area contributed by atoms with Crippen molar-refractivity contribution in [1.82, 2.24) is 5.32 Å². The van der Waals surface area contributed by atoms with Crippen LogP contribution in [-0.4, -0.2) is 41.2 Å². The lowest BCUT2D eigenvalue weighted by Gasteiger charge is -2.57. The highest BCUT2D eigenvalue weighted by Crippen LogP contribution is 2.60. The van der Waals surface area contributed by atoms with Crippen LogP contribution in [0.2, 0.25) is 0 Å². The third kappa shape index (κ3) is 6.35. The number of amides is 1. The number of carbonyl (C=O) groups is 3. The molecule has 0 heterocycles. The summed E-state index contributed by atoms with van der Waals surface area (Å²) in [4.78, 5) is 36.8. The second kappa shape index (κ2) is 10.8. The van der Waals surface area contributed by atoms with Gasteiger partial charge in [-0.1, -0.05) is 42.5 Å². The van der Waals surface area contributed by atoms with Crippen LogP contribution in [0.1, 0.15) is 86.3 Å². The Kier molecular flexibility index (Phi) is 7.55. The van der Waals surface area contributed by atoms with Gasteiger partial charge in [0, 0.05) is 11.1 Å². The van der Waals surface area contributed by atoms with E-state index in [1.54, 1.807) is 32.9 Å². The van der Waals surface area contributed by atoms with Crippen LogP contribution in [0, 0.1) is 17.8 Å². The number of hydrogen-bond acceptors (Lipinski definition) is 5. The van der Waals surface area contributed by atoms with Crippen molar-refractivity contribution in [3.8, 4) is 0 Å². The van der Waals surface area contributed by atoms with Crippen LogP contribution < -0.4 is 5.32 Å². The fourth-order valence-corrected chi connectivity index (χ4v) is 7.29. The van der Waals surface area contributed by atoms with Gasteiger partial charge < -0.3 is 19.9 Å². The lowest BCUT2D eigenvalue weighted by Crippen LogP contribution is -2.48. The van der Waals surface area contributed by atoms with Crippen LogP contribution in [0.15, 0.2) is 48.5 Å². The fourth-order valence-electron chi connectivity index (χ4n) is 7.29. The van der Waals surface area contributed by atoms with Crippen LogP contribution in [0.4, 0.5) is 4.79 Å². The zero-order valence-electron chi connectivity index (χ0n) is 23.1. The minimum Gasteiger partial charge on any atom is -0.480 e. The number of carboxylic acids is 1. The van der Waals surface area contributed by atoms with E-state index in [1.807, 2.05) is 24.3 Å². The predicted octanol–water partition coefficient (Wildman–Crippen LogP) is 5.88. The maximum absolute atomic E-state index is 13.4. The maximum atomic E-state index is 13.4. The Balaban J connectivity index is 1.18. The molecule has 2 aromatic rings. The Morgan fingerprint density at radius 2 is 1.56 bits per heavy atom. The Bertz CT molecular complexity index is 1190. The number of rotatable bonds is 9. The first-order valence-corrected chi connectivity index (χ1v) is 14.0. The third-order valence-electron chi connectivity index (χ3n) is 8.53. The van der Waals surface area contributed by atoms with E-state index in [0.717, 1.165) is 28.9 Å². The maximum Gasteiger partial charge on any atom is 0.408 e. The Morgan fingerprint density at radius 1 is 0.949 bits per heavy atom. The van der Waals surface area contributed by atoms with E-state index in [9.17, 15) is 19.5 Å². The minimum atomic E-state index is -1.23. The van der Waals surface area contributed by atoms with Gasteiger partial charge in [0.15, 0.2) is 11.8 Å². The molecule has 2 aromatic carbocycles. The van der Waals surface area contributed by atoms with E-state index in [-0.39, 0.29) is 24.4 Å². The molecule has 0 saturated heterocycles. The van der Waals surface area contributed by atoms with Gasteiger partial charge in [-0.3, -0.25) is 4.79 Å². The SMILES string of the molecule is CC(C)(C)OC(=O)NC(COCc1ccc(C(=O)c2cccc(C34CC5CC(CC(C5)C3)C4)c2)cc1)C(=O)O. The van der Waals surface area contributed by atoms with E-state index < -0.39 is 23.7 Å². The van der Waals surface area contributed by atoms with Gasteiger partial charge in [-0.25, -0.2) is 9.59 Å². The van der Waals surface area contributed by atoms with Gasteiger partial charge in [-0.05, 0) is 99.7 Å². The van der Waals surface area contributed by atoms with Crippen molar-refractivity contribution in [2.75, 3.05) is 6.61 Å². The molecule has 1 unspecified atom stereocenters. The summed E-state index contributed by atoms with van der Waals surface area (Å²) in [6.45, 7) is 5.04. The largest absolute Gasteiger partial charge is 0.480 e. The van der Waals surface area contributed by atoms with Crippen molar-refractivity contribution in [2.45, 2.75) is 83.0 Å². The zero-order chi connectivity index (χ0) is 27.8. The first-order chi connectivity index (χ1) is 18.5. The highest BCUT2D eigenvalue weighted by molar-refractivity contribution is 6.09. The summed E-state index contributed by atoms with van der Waals surface area (Å²) in [7, 11) is 0. The van der Waals surface area contributed by atoms with Gasteiger partial charge in [-0.15, -0.1) is 0 Å². The van der Waals surface area contributed by atoms with E-state index in [4.69, 9.17) is 9.47 Å². The fraction of sp³-hybridized carbons (Fsp3) is 0.531. The normalized spacial score (nSPS) is 26.2. The molecule has 7 heteroatoms. The molecular formula is C32H39NO6. The highest BCUT2D eigenvalue weighted by atomic mass is 16.6. The quantitative estimate of drug-likeness (QED) is 0.390. The van der Waals surface area contributed by atoms with Crippen LogP contribution in [-0.2, 0) is 26.3 Å². The van der Waals surface area contributed by atoms with Crippen molar-refractivity contribution in [3.63, 3.8) is 0 Å². The molecule has 4 bridgehead atoms. The van der Waals surface area contributed by atoms with Gasteiger partial charge in [0.1, 0.15) is 5.60 Å². The second-order valence-electron chi connectivity index (χ2n) is 12.9. The Hall–Kier alpha value is -3.19. The van der Waals surface area contributed by atoms with Gasteiger partial charge in [-0.2, -0.15) is 0 Å². The molecular weight excluding hydrogens is 494 g/mol. The smallest absolute Gasteiger partial charge is 0.408 e. The summed E-state index contributed by atoms with van der Waals surface area (Å²) in [5.74, 6) is 1.34. The number of nitrogens with one attached hydrogen (secondary N) is 1. The average Bonchev–Trinajstić information content (AvgIpc) is 2.86. The van der Waals surface area contributed by atoms with Crippen LogP contribution in [0.3, 0.4) is 0 Å². The molecule has 208 valence electrons. The molecule has 0 aliphatic heterocycles. The van der Waals surface area contributed by atoms with Crippen molar-refractivity contribution in [1.29, 1.82) is 0 Å². The number of ether oxygens (including phenoxy) is 2. The number of hydrogen-bond donors (Lipinski definition) is 2. The summed E-state index contributed by atoms with van der Waals surface area (Å²) >= 11 is 0. The lowest BCUT2D eigenvalue weighted by atomic mass is 9.48. The number of carbonyl (C=O) groups excluding carboxylic acids is 2. The van der Waals surface area contributed by atoms with Crippen molar-refractivity contribution < 1.29 is 29.0 Å². The lowest BCUT2D eigenvalue weighted by molar-refractivity contribution is -0.141. The summed E-state index contributed by atoms with van der Waals surface area (Å²) < 4.78 is 10.7. The van der Waals surface area contributed by atoms with E-state index in [1.165, 1.54) is 44.1 Å². The molecule has 0 aromatic heterocycles. The summed E-state index contributed by atoms with van der Waals surface area (Å²) in [6, 6.07) is 14.3. The van der Waals surface area contributed by atoms with Gasteiger partial charge in [0.25, 0.3) is 0 Å². The second-order valence-corrected chi connectivity index (χ2v) is 12.9. The minimum absolute atomic E-state index is 0.00143. The molecule has 39 heavy (non-hydrogen) atoms. The molecule has 2 N–H and O–H groups in total. The topological polar surface area (TPSA) is 102 Å². The Morgan fingerprint density at radius 3 is 2.13 bits per heavy atom. The molecule has 0 spiro atoms. The van der Waals surface area contributed by atoms with Crippen LogP contribution >= 0.6 is 0 Å². The number of ketones is 1. The molecule has 4 fully saturated rings. The average molecular weight is 534 g/mol. The summed E-state index contributed by atoms with van der Waals surface area (Å²) in [5.41, 5.74) is 2.99. The first kappa shape index (κ1) is 27.4. The van der Waals surface area contributed by atoms with Gasteiger partial charge >= 0.3 is 12.1 Å². The standard InChI is InChI=1S/C32H39NO6/c1-31(2,3)39-30(37)33-27(29(35)36)19-38-18-20-7-9-24(10-8-20)28(34)25-5-4-6-26(14-25)32-15-21-11-22(16-32)13-23(12-21)17-32/h4-10,14,21-23,27H,11-13,15-19H2,1-3H3,(H,33,37)(H,35,36). The Labute approximate surface area is 230 Å². The molecule has 4 aliphatic rings. The molecule has 4 aliphatic carbocycles. The third-order valence-corrected chi connectivity index (χ3v) is 8.53. The molecule has 0 radical (unpaired) electrons. The van der Waals surface area contributed by atoms with E-state index in [2.05, 4.69) is 17.4 Å². The van der Waals surface area contributed by atoms with E-state index in [0.29, 0.717) is 5.56 Å². The molecule has 6 rings (SSSR count). The van der Waals surface area contributed by atoms with Crippen molar-refractivity contribution in [3.05, 3.63) is 70.8 Å². The van der Waals surface area contributed by atoms with Gasteiger partial charge in [0.2, 0.25) is 0 Å². The van der Waals surface area contributed by atoms with Crippen LogP contribution in [0.25, 0.3) is 0 Å². The molecule has 4 saturated carbocycles. The van der Waals surface area contributed by atoms with Crippen LogP contribution in [0.5, 0.6) is 0 Å². The van der Waals surface area contributed by atoms with Crippen molar-refractivity contribution >= 4 is 17.8 Å². The van der Waals surface area contributed by atoms with Gasteiger partial charge in [0.05, 0.1) is 13.2 Å². The molecule has 1 amide bonds. The number of alkyl carbamates (subject to hydrolysis) is 1. The highest BCUT2D eigenvalue weighted by Gasteiger charge is 2.51. The predicted molar refractivity (Wildman–Crippen MR) is 147 cm³/mol. The molecule has 7 nitrogen and oxygen atoms in total. The summed E-state index contributed by atoms with van der Waals surface area (Å²) in [6.07, 6.45) is 7.17. The first-order valence-electron chi connectivity index (χ1n) is 14.0. The zero-order valence-corrected chi connectivity index (χ0v) is 23.1.